The molecule has 0 saturated heterocycles. The summed E-state index contributed by atoms with van der Waals surface area (Å²) in [7, 11) is 0. The molecule has 0 aliphatic carbocycles. The summed E-state index contributed by atoms with van der Waals surface area (Å²) in [4.78, 5) is 0. The molecule has 0 spiro atoms. The number of nitrogens with zero attached hydrogens (tertiary/aromatic N) is 3. The summed E-state index contributed by atoms with van der Waals surface area (Å²) < 4.78 is 0. The Kier molecular flexibility index (Phi) is 3.49. The van der Waals surface area contributed by atoms with Gasteiger partial charge in [-0.05, 0) is 0 Å². The van der Waals surface area contributed by atoms with Crippen LogP contribution in [0.25, 0.3) is 0 Å². The predicted molar refractivity (Wildman–Crippen MR) is 32.9 cm³/mol. The largest absolute Gasteiger partial charge is 0.282 e. The molecule has 0 aromatic carbocycles. The molecule has 0 aromatic rings. The normalized spacial score (nSPS) is 9.80. The van der Waals surface area contributed by atoms with E-state index in [1.807, 2.05) is 5.32 Å². The molecule has 0 rings (SSSR count). The smallest absolute Gasteiger partial charge is 0.182 e. The van der Waals surface area contributed by atoms with Crippen molar-refractivity contribution in [2.75, 3.05) is 0 Å². The van der Waals surface area contributed by atoms with Gasteiger partial charge in [-0.2, -0.15) is 15.8 Å². The second-order valence-corrected chi connectivity index (χ2v) is 1.53. The van der Waals surface area contributed by atoms with Gasteiger partial charge in [0.1, 0.15) is 12.1 Å². The van der Waals surface area contributed by atoms with E-state index in [0.717, 1.165) is 0 Å². The lowest BCUT2D eigenvalue weighted by atomic mass is 10.4. The molecule has 0 aromatic heterocycles. The van der Waals surface area contributed by atoms with Crippen LogP contribution in [0.3, 0.4) is 0 Å². The van der Waals surface area contributed by atoms with Crippen LogP contribution in [0.2, 0.25) is 0 Å². The zero-order valence-corrected chi connectivity index (χ0v) is 5.48. The molecule has 0 bridgehead atoms. The van der Waals surface area contributed by atoms with Crippen LogP contribution in [0, 0.1) is 34.1 Å². The molecule has 4 nitrogen and oxygen atoms in total. The quantitative estimate of drug-likeness (QED) is 0.338. The molecule has 0 atom stereocenters. The van der Waals surface area contributed by atoms with Crippen LogP contribution in [0.5, 0.6) is 0 Å². The maximum absolute atomic E-state index is 8.20. The van der Waals surface area contributed by atoms with Crippen molar-refractivity contribution in [3.8, 4) is 18.3 Å². The average molecular weight is 153 g/mol. The molecular formula is C5HClN4. The number of nitrogens with one attached hydrogen (secondary N) is 1. The van der Waals surface area contributed by atoms with Crippen LogP contribution in [0.1, 0.15) is 0 Å². The maximum Gasteiger partial charge on any atom is 0.182 e. The lowest BCUT2D eigenvalue weighted by Crippen LogP contribution is -2.03. The molecule has 0 radical (unpaired) electrons. The van der Waals surface area contributed by atoms with Gasteiger partial charge in [0.2, 0.25) is 0 Å². The topological polar surface area (TPSA) is 83.4 Å². The van der Waals surface area contributed by atoms with Crippen LogP contribution in [0.4, 0.5) is 0 Å². The minimum absolute atomic E-state index is 0.230. The Bertz CT molecular complexity index is 271. The molecule has 0 amide bonds. The highest BCUT2D eigenvalue weighted by Gasteiger charge is 1.99. The van der Waals surface area contributed by atoms with Crippen molar-refractivity contribution in [3.63, 3.8) is 0 Å². The standard InChI is InChI=1S/C5HClN4/c6-4(1-7)5(2-8)10-3-9/h10H/b5-4+. The summed E-state index contributed by atoms with van der Waals surface area (Å²) in [5, 5.41) is 26.0. The fourth-order valence-corrected chi connectivity index (χ4v) is 0.333. The van der Waals surface area contributed by atoms with Gasteiger partial charge in [-0.3, -0.25) is 5.32 Å². The third-order valence-electron chi connectivity index (χ3n) is 0.610. The number of halogens is 1. The summed E-state index contributed by atoms with van der Waals surface area (Å²) in [5.74, 6) is 0. The molecule has 0 saturated carbocycles. The average Bonchev–Trinajstić information content (AvgIpc) is 1.99. The molecule has 10 heavy (non-hydrogen) atoms. The number of allylic oxidation sites excluding steroid dienone is 2. The van der Waals surface area contributed by atoms with Gasteiger partial charge in [-0.25, -0.2) is 0 Å². The Labute approximate surface area is 62.5 Å². The first kappa shape index (κ1) is 8.30. The Morgan fingerprint density at radius 1 is 1.20 bits per heavy atom. The highest BCUT2D eigenvalue weighted by molar-refractivity contribution is 6.32. The first-order valence-electron chi connectivity index (χ1n) is 2.11. The van der Waals surface area contributed by atoms with Gasteiger partial charge in [0, 0.05) is 0 Å². The van der Waals surface area contributed by atoms with Crippen LogP contribution >= 0.6 is 11.6 Å². The van der Waals surface area contributed by atoms with E-state index in [-0.39, 0.29) is 10.7 Å². The third kappa shape index (κ3) is 2.05. The molecule has 0 aliphatic rings. The second-order valence-electron chi connectivity index (χ2n) is 1.15. The molecule has 48 valence electrons. The minimum atomic E-state index is -0.316. The Balaban J connectivity index is 4.59. The fourth-order valence-electron chi connectivity index (χ4n) is 0.244. The van der Waals surface area contributed by atoms with Crippen molar-refractivity contribution in [3.05, 3.63) is 10.7 Å². The Morgan fingerprint density at radius 3 is 2.10 bits per heavy atom. The summed E-state index contributed by atoms with van der Waals surface area (Å²) in [6.07, 6.45) is 1.47. The zero-order valence-electron chi connectivity index (χ0n) is 4.72. The van der Waals surface area contributed by atoms with Crippen molar-refractivity contribution in [2.24, 2.45) is 0 Å². The molecule has 0 unspecified atom stereocenters. The highest BCUT2D eigenvalue weighted by atomic mass is 35.5. The van der Waals surface area contributed by atoms with Crippen LogP contribution in [-0.2, 0) is 0 Å². The fraction of sp³-hybridized carbons (Fsp3) is 0. The summed E-state index contributed by atoms with van der Waals surface area (Å²) in [5.41, 5.74) is -0.230. The van der Waals surface area contributed by atoms with Crippen molar-refractivity contribution >= 4 is 11.6 Å². The summed E-state index contributed by atoms with van der Waals surface area (Å²) in [6.45, 7) is 0. The van der Waals surface area contributed by atoms with Crippen LogP contribution < -0.4 is 5.32 Å². The maximum atomic E-state index is 8.20. The lowest BCUT2D eigenvalue weighted by Gasteiger charge is -1.88. The van der Waals surface area contributed by atoms with Gasteiger partial charge in [-0.1, -0.05) is 11.6 Å². The predicted octanol–water partition coefficient (Wildman–Crippen LogP) is 0.555. The SMILES string of the molecule is N#CN/C(C#N)=C(/Cl)C#N. The Hall–Kier alpha value is -1.70. The minimum Gasteiger partial charge on any atom is -0.282 e. The third-order valence-corrected chi connectivity index (χ3v) is 0.884. The van der Waals surface area contributed by atoms with Crippen molar-refractivity contribution in [1.29, 1.82) is 15.8 Å². The first-order chi connectivity index (χ1) is 4.76. The number of rotatable bonds is 1. The summed E-state index contributed by atoms with van der Waals surface area (Å²) in [6, 6.07) is 3.05. The zero-order chi connectivity index (χ0) is 7.98. The van der Waals surface area contributed by atoms with E-state index in [4.69, 9.17) is 27.4 Å². The van der Waals surface area contributed by atoms with Gasteiger partial charge in [0.15, 0.2) is 16.9 Å². The Morgan fingerprint density at radius 2 is 1.80 bits per heavy atom. The van der Waals surface area contributed by atoms with E-state index in [2.05, 4.69) is 0 Å². The van der Waals surface area contributed by atoms with E-state index < -0.39 is 0 Å². The lowest BCUT2D eigenvalue weighted by molar-refractivity contribution is 1.12. The van der Waals surface area contributed by atoms with Crippen molar-refractivity contribution in [1.82, 2.24) is 5.32 Å². The van der Waals surface area contributed by atoms with E-state index in [0.29, 0.717) is 0 Å². The van der Waals surface area contributed by atoms with E-state index in [9.17, 15) is 0 Å². The number of nitriles is 3. The van der Waals surface area contributed by atoms with Gasteiger partial charge in [0.25, 0.3) is 0 Å². The number of hydrogen-bond donors (Lipinski definition) is 1. The van der Waals surface area contributed by atoms with E-state index >= 15 is 0 Å². The van der Waals surface area contributed by atoms with Crippen molar-refractivity contribution in [2.45, 2.75) is 0 Å². The van der Waals surface area contributed by atoms with Gasteiger partial charge < -0.3 is 0 Å². The van der Waals surface area contributed by atoms with Gasteiger partial charge in [0.05, 0.1) is 0 Å². The van der Waals surface area contributed by atoms with E-state index in [1.54, 1.807) is 6.07 Å². The van der Waals surface area contributed by atoms with Crippen LogP contribution in [0.15, 0.2) is 10.7 Å². The monoisotopic (exact) mass is 152 g/mol. The first-order valence-corrected chi connectivity index (χ1v) is 2.49. The molecule has 5 heteroatoms. The summed E-state index contributed by atoms with van der Waals surface area (Å²) >= 11 is 5.19. The highest BCUT2D eigenvalue weighted by Crippen LogP contribution is 2.02. The number of hydrogen-bond acceptors (Lipinski definition) is 4. The van der Waals surface area contributed by atoms with E-state index in [1.165, 1.54) is 12.3 Å². The van der Waals surface area contributed by atoms with Gasteiger partial charge in [-0.15, -0.1) is 0 Å². The van der Waals surface area contributed by atoms with Crippen LogP contribution in [-0.4, -0.2) is 0 Å². The second kappa shape index (κ2) is 4.21. The van der Waals surface area contributed by atoms with Crippen molar-refractivity contribution < 1.29 is 0 Å². The van der Waals surface area contributed by atoms with Gasteiger partial charge >= 0.3 is 0 Å². The molecule has 0 aliphatic heterocycles. The molecular weight excluding hydrogens is 152 g/mol. The molecule has 1 N–H and O–H groups in total. The molecule has 0 heterocycles. The molecule has 0 fully saturated rings.